The SMILES string of the molecule is CCc1ccc(CC(=O)N[C@@H](C)c2ccc(CC)cc2)cc1. The molecule has 0 aliphatic heterocycles. The lowest BCUT2D eigenvalue weighted by atomic mass is 10.0. The monoisotopic (exact) mass is 295 g/mol. The standard InChI is InChI=1S/C20H25NO/c1-4-16-6-8-18(9-7-16)14-20(22)21-15(3)19-12-10-17(5-2)11-13-19/h6-13,15H,4-5,14H2,1-3H3,(H,21,22)/t15-/m0/s1. The molecule has 0 aliphatic rings. The minimum atomic E-state index is 0.0355. The molecule has 0 bridgehead atoms. The van der Waals surface area contributed by atoms with Crippen molar-refractivity contribution in [3.05, 3.63) is 70.8 Å². The van der Waals surface area contributed by atoms with E-state index >= 15 is 0 Å². The first-order valence-corrected chi connectivity index (χ1v) is 8.08. The molecule has 0 heterocycles. The molecule has 1 atom stereocenters. The summed E-state index contributed by atoms with van der Waals surface area (Å²) in [6.45, 7) is 6.30. The van der Waals surface area contributed by atoms with Crippen LogP contribution in [0.25, 0.3) is 0 Å². The highest BCUT2D eigenvalue weighted by Crippen LogP contribution is 2.14. The molecule has 116 valence electrons. The van der Waals surface area contributed by atoms with Gasteiger partial charge in [0.2, 0.25) is 5.91 Å². The van der Waals surface area contributed by atoms with Crippen molar-refractivity contribution in [1.29, 1.82) is 0 Å². The second kappa shape index (κ2) is 7.79. The summed E-state index contributed by atoms with van der Waals surface area (Å²) in [5.41, 5.74) is 4.82. The highest BCUT2D eigenvalue weighted by Gasteiger charge is 2.10. The summed E-state index contributed by atoms with van der Waals surface area (Å²) in [7, 11) is 0. The third-order valence-electron chi connectivity index (χ3n) is 4.06. The highest BCUT2D eigenvalue weighted by molar-refractivity contribution is 5.79. The molecule has 2 heteroatoms. The van der Waals surface area contributed by atoms with Gasteiger partial charge < -0.3 is 5.32 Å². The Bertz CT molecular complexity index is 599. The Balaban J connectivity index is 1.92. The summed E-state index contributed by atoms with van der Waals surface area (Å²) in [4.78, 5) is 12.2. The largest absolute Gasteiger partial charge is 0.349 e. The van der Waals surface area contributed by atoms with Gasteiger partial charge in [0.15, 0.2) is 0 Å². The molecule has 0 aliphatic carbocycles. The molecule has 0 aromatic heterocycles. The number of aryl methyl sites for hydroxylation is 2. The van der Waals surface area contributed by atoms with E-state index in [2.05, 4.69) is 55.6 Å². The van der Waals surface area contributed by atoms with Gasteiger partial charge in [-0.15, -0.1) is 0 Å². The van der Waals surface area contributed by atoms with E-state index in [1.807, 2.05) is 19.1 Å². The van der Waals surface area contributed by atoms with E-state index in [4.69, 9.17) is 0 Å². The fourth-order valence-electron chi connectivity index (χ4n) is 2.50. The fourth-order valence-corrected chi connectivity index (χ4v) is 2.50. The summed E-state index contributed by atoms with van der Waals surface area (Å²) in [5, 5.41) is 3.07. The summed E-state index contributed by atoms with van der Waals surface area (Å²) < 4.78 is 0. The molecule has 0 saturated carbocycles. The molecule has 2 rings (SSSR count). The molecular weight excluding hydrogens is 270 g/mol. The quantitative estimate of drug-likeness (QED) is 0.849. The van der Waals surface area contributed by atoms with Crippen molar-refractivity contribution >= 4 is 5.91 Å². The van der Waals surface area contributed by atoms with Gasteiger partial charge in [0.25, 0.3) is 0 Å². The fraction of sp³-hybridized carbons (Fsp3) is 0.350. The number of rotatable bonds is 6. The Morgan fingerprint density at radius 1 is 0.864 bits per heavy atom. The number of benzene rings is 2. The molecule has 0 unspecified atom stereocenters. The van der Waals surface area contributed by atoms with Crippen LogP contribution in [0, 0.1) is 0 Å². The summed E-state index contributed by atoms with van der Waals surface area (Å²) >= 11 is 0. The number of carbonyl (C=O) groups excluding carboxylic acids is 1. The van der Waals surface area contributed by atoms with Crippen LogP contribution in [0.2, 0.25) is 0 Å². The zero-order valence-electron chi connectivity index (χ0n) is 13.7. The average Bonchev–Trinajstić information content (AvgIpc) is 2.55. The molecular formula is C20H25NO. The Morgan fingerprint density at radius 2 is 1.32 bits per heavy atom. The van der Waals surface area contributed by atoms with Crippen LogP contribution >= 0.6 is 0 Å². The van der Waals surface area contributed by atoms with Gasteiger partial charge in [-0.2, -0.15) is 0 Å². The predicted molar refractivity (Wildman–Crippen MR) is 91.9 cm³/mol. The minimum Gasteiger partial charge on any atom is -0.349 e. The minimum absolute atomic E-state index is 0.0355. The van der Waals surface area contributed by atoms with Crippen molar-refractivity contribution in [2.24, 2.45) is 0 Å². The molecule has 0 radical (unpaired) electrons. The molecule has 2 nitrogen and oxygen atoms in total. The summed E-state index contributed by atoms with van der Waals surface area (Å²) in [6.07, 6.45) is 2.49. The summed E-state index contributed by atoms with van der Waals surface area (Å²) in [6, 6.07) is 16.7. The van der Waals surface area contributed by atoms with E-state index in [0.29, 0.717) is 6.42 Å². The average molecular weight is 295 g/mol. The van der Waals surface area contributed by atoms with Crippen molar-refractivity contribution in [2.75, 3.05) is 0 Å². The van der Waals surface area contributed by atoms with Gasteiger partial charge in [-0.05, 0) is 42.0 Å². The van der Waals surface area contributed by atoms with Crippen LogP contribution < -0.4 is 5.32 Å². The van der Waals surface area contributed by atoms with Gasteiger partial charge in [-0.25, -0.2) is 0 Å². The number of carbonyl (C=O) groups is 1. The first-order valence-electron chi connectivity index (χ1n) is 8.08. The molecule has 1 amide bonds. The normalized spacial score (nSPS) is 12.0. The maximum atomic E-state index is 12.2. The van der Waals surface area contributed by atoms with Crippen LogP contribution in [0.15, 0.2) is 48.5 Å². The maximum Gasteiger partial charge on any atom is 0.224 e. The predicted octanol–water partition coefficient (Wildman–Crippen LogP) is 4.23. The third-order valence-corrected chi connectivity index (χ3v) is 4.06. The lowest BCUT2D eigenvalue weighted by Gasteiger charge is -2.15. The van der Waals surface area contributed by atoms with Gasteiger partial charge in [0.05, 0.1) is 12.5 Å². The van der Waals surface area contributed by atoms with Gasteiger partial charge in [-0.3, -0.25) is 4.79 Å². The molecule has 0 spiro atoms. The number of amides is 1. The molecule has 2 aromatic rings. The Hall–Kier alpha value is -2.09. The lowest BCUT2D eigenvalue weighted by Crippen LogP contribution is -2.28. The van der Waals surface area contributed by atoms with E-state index in [0.717, 1.165) is 24.0 Å². The van der Waals surface area contributed by atoms with Crippen molar-refractivity contribution in [3.63, 3.8) is 0 Å². The van der Waals surface area contributed by atoms with Gasteiger partial charge in [0, 0.05) is 0 Å². The summed E-state index contributed by atoms with van der Waals surface area (Å²) in [5.74, 6) is 0.0660. The Labute approximate surface area is 133 Å². The van der Waals surface area contributed by atoms with Crippen LogP contribution in [0.3, 0.4) is 0 Å². The smallest absolute Gasteiger partial charge is 0.224 e. The lowest BCUT2D eigenvalue weighted by molar-refractivity contribution is -0.121. The number of nitrogens with one attached hydrogen (secondary N) is 1. The van der Waals surface area contributed by atoms with Crippen LogP contribution in [0.1, 0.15) is 49.1 Å². The van der Waals surface area contributed by atoms with Gasteiger partial charge in [0.1, 0.15) is 0 Å². The van der Waals surface area contributed by atoms with Crippen molar-refractivity contribution in [1.82, 2.24) is 5.32 Å². The van der Waals surface area contributed by atoms with E-state index in [1.165, 1.54) is 11.1 Å². The van der Waals surface area contributed by atoms with Crippen LogP contribution in [-0.4, -0.2) is 5.91 Å². The molecule has 0 fully saturated rings. The van der Waals surface area contributed by atoms with Crippen LogP contribution in [-0.2, 0) is 24.1 Å². The van der Waals surface area contributed by atoms with Crippen molar-refractivity contribution in [2.45, 2.75) is 46.1 Å². The van der Waals surface area contributed by atoms with Crippen molar-refractivity contribution in [3.8, 4) is 0 Å². The second-order valence-electron chi connectivity index (χ2n) is 5.73. The van der Waals surface area contributed by atoms with E-state index < -0.39 is 0 Å². The van der Waals surface area contributed by atoms with Crippen molar-refractivity contribution < 1.29 is 4.79 Å². The van der Waals surface area contributed by atoms with E-state index in [9.17, 15) is 4.79 Å². The highest BCUT2D eigenvalue weighted by atomic mass is 16.1. The number of hydrogen-bond acceptors (Lipinski definition) is 1. The first-order chi connectivity index (χ1) is 10.6. The molecule has 0 saturated heterocycles. The first kappa shape index (κ1) is 16.3. The van der Waals surface area contributed by atoms with Gasteiger partial charge in [-0.1, -0.05) is 62.4 Å². The van der Waals surface area contributed by atoms with Gasteiger partial charge >= 0.3 is 0 Å². The topological polar surface area (TPSA) is 29.1 Å². The second-order valence-corrected chi connectivity index (χ2v) is 5.73. The van der Waals surface area contributed by atoms with Crippen LogP contribution in [0.5, 0.6) is 0 Å². The van der Waals surface area contributed by atoms with Crippen LogP contribution in [0.4, 0.5) is 0 Å². The molecule has 2 aromatic carbocycles. The zero-order chi connectivity index (χ0) is 15.9. The number of hydrogen-bond donors (Lipinski definition) is 1. The maximum absolute atomic E-state index is 12.2. The zero-order valence-corrected chi connectivity index (χ0v) is 13.7. The molecule has 22 heavy (non-hydrogen) atoms. The molecule has 1 N–H and O–H groups in total. The Morgan fingerprint density at radius 3 is 1.82 bits per heavy atom. The third kappa shape index (κ3) is 4.45. The van der Waals surface area contributed by atoms with E-state index in [1.54, 1.807) is 0 Å². The Kier molecular flexibility index (Phi) is 5.76. The van der Waals surface area contributed by atoms with E-state index in [-0.39, 0.29) is 11.9 Å².